The Morgan fingerprint density at radius 1 is 1.22 bits per heavy atom. The van der Waals surface area contributed by atoms with Crippen molar-refractivity contribution in [2.75, 3.05) is 52.1 Å². The molecule has 1 atom stereocenters. The lowest BCUT2D eigenvalue weighted by Gasteiger charge is -2.50. The third kappa shape index (κ3) is 3.16. The molecule has 4 fully saturated rings. The summed E-state index contributed by atoms with van der Waals surface area (Å²) >= 11 is 3.17. The van der Waals surface area contributed by atoms with Crippen LogP contribution in [0.2, 0.25) is 0 Å². The van der Waals surface area contributed by atoms with E-state index in [0.717, 1.165) is 42.5 Å². The van der Waals surface area contributed by atoms with E-state index in [1.165, 1.54) is 32.5 Å². The second-order valence-corrected chi connectivity index (χ2v) is 8.65. The van der Waals surface area contributed by atoms with Crippen LogP contribution < -0.4 is 0 Å². The number of rotatable bonds is 3. The molecule has 0 aliphatic carbocycles. The van der Waals surface area contributed by atoms with Gasteiger partial charge in [0.05, 0.1) is 0 Å². The van der Waals surface area contributed by atoms with Crippen LogP contribution in [0, 0.1) is 5.92 Å². The number of hydrogen-bond acceptors (Lipinski definition) is 6. The van der Waals surface area contributed by atoms with E-state index in [1.807, 2.05) is 16.5 Å². The molecule has 1 unspecified atom stereocenters. The number of hydrogen-bond donors (Lipinski definition) is 0. The SMILES string of the molecule is CSc1nc(C(=O)N2CCN(C3CN4CCC3CC4)CC2)cs1. The zero-order valence-corrected chi connectivity index (χ0v) is 15.2. The average Bonchev–Trinajstić information content (AvgIpc) is 3.11. The fourth-order valence-corrected chi connectivity index (χ4v) is 5.45. The first-order chi connectivity index (χ1) is 11.2. The van der Waals surface area contributed by atoms with Crippen molar-refractivity contribution < 1.29 is 4.79 Å². The number of piperidine rings is 3. The van der Waals surface area contributed by atoms with Gasteiger partial charge in [0.25, 0.3) is 5.91 Å². The Labute approximate surface area is 146 Å². The van der Waals surface area contributed by atoms with E-state index >= 15 is 0 Å². The fraction of sp³-hybridized carbons (Fsp3) is 0.750. The predicted octanol–water partition coefficient (Wildman–Crippen LogP) is 1.72. The highest BCUT2D eigenvalue weighted by atomic mass is 32.2. The first kappa shape index (κ1) is 15.9. The molecular weight excluding hydrogens is 328 g/mol. The van der Waals surface area contributed by atoms with Crippen LogP contribution in [0.1, 0.15) is 23.3 Å². The van der Waals surface area contributed by atoms with Crippen molar-refractivity contribution in [1.82, 2.24) is 19.7 Å². The summed E-state index contributed by atoms with van der Waals surface area (Å²) in [6.07, 6.45) is 4.72. The summed E-state index contributed by atoms with van der Waals surface area (Å²) < 4.78 is 0.972. The molecule has 4 saturated heterocycles. The van der Waals surface area contributed by atoms with E-state index in [1.54, 1.807) is 23.1 Å². The fourth-order valence-electron chi connectivity index (χ4n) is 4.22. The molecule has 0 spiro atoms. The number of fused-ring (bicyclic) bond motifs is 3. The van der Waals surface area contributed by atoms with E-state index in [2.05, 4.69) is 14.8 Å². The first-order valence-corrected chi connectivity index (χ1v) is 10.6. The molecule has 0 radical (unpaired) electrons. The lowest BCUT2D eigenvalue weighted by atomic mass is 9.83. The number of carbonyl (C=O) groups excluding carboxylic acids is 1. The quantitative estimate of drug-likeness (QED) is 0.775. The van der Waals surface area contributed by atoms with E-state index < -0.39 is 0 Å². The molecule has 0 N–H and O–H groups in total. The van der Waals surface area contributed by atoms with Gasteiger partial charge in [-0.3, -0.25) is 9.69 Å². The van der Waals surface area contributed by atoms with Gasteiger partial charge in [-0.1, -0.05) is 11.8 Å². The lowest BCUT2D eigenvalue weighted by molar-refractivity contribution is -0.0131. The summed E-state index contributed by atoms with van der Waals surface area (Å²) in [5, 5.41) is 1.90. The third-order valence-corrected chi connectivity index (χ3v) is 7.43. The molecule has 1 aromatic heterocycles. The van der Waals surface area contributed by atoms with E-state index in [0.29, 0.717) is 5.69 Å². The van der Waals surface area contributed by atoms with Crippen LogP contribution in [-0.2, 0) is 0 Å². The monoisotopic (exact) mass is 352 g/mol. The summed E-state index contributed by atoms with van der Waals surface area (Å²) in [4.78, 5) is 24.2. The largest absolute Gasteiger partial charge is 0.335 e. The number of thiazole rings is 1. The highest BCUT2D eigenvalue weighted by Gasteiger charge is 2.38. The van der Waals surface area contributed by atoms with Gasteiger partial charge < -0.3 is 9.80 Å². The molecule has 126 valence electrons. The standard InChI is InChI=1S/C16H24N4OS2/c1-22-16-17-13(11-23-16)15(21)20-8-6-19(7-9-20)14-10-18-4-2-12(14)3-5-18/h11-12,14H,2-10H2,1H3. The van der Waals surface area contributed by atoms with Crippen molar-refractivity contribution >= 4 is 29.0 Å². The maximum Gasteiger partial charge on any atom is 0.273 e. The topological polar surface area (TPSA) is 39.7 Å². The number of thioether (sulfide) groups is 1. The smallest absolute Gasteiger partial charge is 0.273 e. The van der Waals surface area contributed by atoms with E-state index in [-0.39, 0.29) is 5.91 Å². The molecule has 1 aromatic rings. The third-order valence-electron chi connectivity index (χ3n) is 5.57. The van der Waals surface area contributed by atoms with Crippen LogP contribution in [-0.4, -0.2) is 83.7 Å². The zero-order chi connectivity index (χ0) is 15.8. The molecule has 2 bridgehead atoms. The van der Waals surface area contributed by atoms with Gasteiger partial charge in [-0.25, -0.2) is 4.98 Å². The highest BCUT2D eigenvalue weighted by Crippen LogP contribution is 2.31. The Hall–Kier alpha value is -0.630. The van der Waals surface area contributed by atoms with Crippen molar-refractivity contribution in [3.05, 3.63) is 11.1 Å². The van der Waals surface area contributed by atoms with Crippen molar-refractivity contribution in [3.8, 4) is 0 Å². The van der Waals surface area contributed by atoms with Crippen molar-refractivity contribution in [1.29, 1.82) is 0 Å². The summed E-state index contributed by atoms with van der Waals surface area (Å²) in [6, 6.07) is 0.720. The van der Waals surface area contributed by atoms with Crippen LogP contribution in [0.15, 0.2) is 9.72 Å². The number of aromatic nitrogens is 1. The number of amides is 1. The second-order valence-electron chi connectivity index (χ2n) is 6.74. The molecule has 4 aliphatic rings. The molecule has 7 heteroatoms. The minimum Gasteiger partial charge on any atom is -0.335 e. The summed E-state index contributed by atoms with van der Waals surface area (Å²) in [5.41, 5.74) is 0.621. The molecule has 4 aliphatic heterocycles. The minimum absolute atomic E-state index is 0.107. The summed E-state index contributed by atoms with van der Waals surface area (Å²) in [6.45, 7) is 7.53. The van der Waals surface area contributed by atoms with Crippen molar-refractivity contribution in [3.63, 3.8) is 0 Å². The van der Waals surface area contributed by atoms with Crippen LogP contribution in [0.4, 0.5) is 0 Å². The maximum atomic E-state index is 12.6. The van der Waals surface area contributed by atoms with Gasteiger partial charge in [0.1, 0.15) is 10.0 Å². The van der Waals surface area contributed by atoms with E-state index in [4.69, 9.17) is 0 Å². The number of nitrogens with zero attached hydrogens (tertiary/aromatic N) is 4. The molecule has 0 aromatic carbocycles. The molecule has 5 rings (SSSR count). The Kier molecular flexibility index (Phi) is 4.63. The van der Waals surface area contributed by atoms with Gasteiger partial charge in [0.15, 0.2) is 0 Å². The second kappa shape index (κ2) is 6.70. The Bertz CT molecular complexity index is 562. The van der Waals surface area contributed by atoms with Gasteiger partial charge in [0.2, 0.25) is 0 Å². The zero-order valence-electron chi connectivity index (χ0n) is 13.6. The minimum atomic E-state index is 0.107. The van der Waals surface area contributed by atoms with Gasteiger partial charge in [-0.2, -0.15) is 0 Å². The van der Waals surface area contributed by atoms with E-state index in [9.17, 15) is 4.79 Å². The van der Waals surface area contributed by atoms with Gasteiger partial charge in [0, 0.05) is 44.1 Å². The molecule has 5 nitrogen and oxygen atoms in total. The highest BCUT2D eigenvalue weighted by molar-refractivity contribution is 8.00. The maximum absolute atomic E-state index is 12.6. The van der Waals surface area contributed by atoms with Gasteiger partial charge in [-0.05, 0) is 38.1 Å². The lowest BCUT2D eigenvalue weighted by Crippen LogP contribution is -2.61. The molecule has 23 heavy (non-hydrogen) atoms. The predicted molar refractivity (Wildman–Crippen MR) is 94.3 cm³/mol. The first-order valence-electron chi connectivity index (χ1n) is 8.50. The Morgan fingerprint density at radius 3 is 2.52 bits per heavy atom. The molecule has 0 saturated carbocycles. The van der Waals surface area contributed by atoms with Crippen molar-refractivity contribution in [2.24, 2.45) is 5.92 Å². The molecular formula is C16H24N4OS2. The van der Waals surface area contributed by atoms with Gasteiger partial charge >= 0.3 is 0 Å². The van der Waals surface area contributed by atoms with Crippen LogP contribution >= 0.6 is 23.1 Å². The van der Waals surface area contributed by atoms with Crippen LogP contribution in [0.5, 0.6) is 0 Å². The van der Waals surface area contributed by atoms with Crippen LogP contribution in [0.25, 0.3) is 0 Å². The van der Waals surface area contributed by atoms with Crippen LogP contribution in [0.3, 0.4) is 0 Å². The molecule has 1 amide bonds. The Morgan fingerprint density at radius 2 is 1.96 bits per heavy atom. The van der Waals surface area contributed by atoms with Gasteiger partial charge in [-0.15, -0.1) is 11.3 Å². The number of carbonyl (C=O) groups is 1. The Balaban J connectivity index is 1.34. The normalized spacial score (nSPS) is 31.5. The summed E-state index contributed by atoms with van der Waals surface area (Å²) in [7, 11) is 0. The van der Waals surface area contributed by atoms with Crippen molar-refractivity contribution in [2.45, 2.75) is 23.2 Å². The number of piperazine rings is 1. The molecule has 5 heterocycles. The average molecular weight is 353 g/mol. The summed E-state index contributed by atoms with van der Waals surface area (Å²) in [5.74, 6) is 0.986.